The third kappa shape index (κ3) is 3.88. The van der Waals surface area contributed by atoms with Crippen molar-refractivity contribution in [2.75, 3.05) is 7.11 Å². The molecule has 0 spiro atoms. The van der Waals surface area contributed by atoms with Gasteiger partial charge in [-0.25, -0.2) is 4.79 Å². The summed E-state index contributed by atoms with van der Waals surface area (Å²) < 4.78 is 15.8. The molecule has 5 nitrogen and oxygen atoms in total. The Morgan fingerprint density at radius 1 is 1.08 bits per heavy atom. The number of rotatable bonds is 5. The molecule has 0 saturated heterocycles. The molecule has 0 saturated carbocycles. The molecule has 0 atom stereocenters. The number of methoxy groups -OCH3 is 1. The number of nitrogens with zero attached hydrogens (tertiary/aromatic N) is 1. The van der Waals surface area contributed by atoms with Gasteiger partial charge in [0.05, 0.1) is 12.7 Å². The van der Waals surface area contributed by atoms with Crippen molar-refractivity contribution in [1.82, 2.24) is 5.16 Å². The van der Waals surface area contributed by atoms with Gasteiger partial charge in [-0.05, 0) is 49.2 Å². The minimum absolute atomic E-state index is 0.0548. The van der Waals surface area contributed by atoms with Crippen LogP contribution in [0.5, 0.6) is 5.75 Å². The second-order valence-electron chi connectivity index (χ2n) is 5.79. The molecular formula is C20H19NO4. The van der Waals surface area contributed by atoms with E-state index in [2.05, 4.69) is 5.16 Å². The zero-order valence-corrected chi connectivity index (χ0v) is 14.4. The van der Waals surface area contributed by atoms with Gasteiger partial charge in [0.15, 0.2) is 5.76 Å². The fraction of sp³-hybridized carbons (Fsp3) is 0.200. The lowest BCUT2D eigenvalue weighted by atomic mass is 10.1. The number of aromatic nitrogens is 1. The Bertz CT molecular complexity index is 898. The SMILES string of the molecule is COc1cccc(-c2cc(COC(=O)c3ccc(C)c(C)c3)no2)c1. The van der Waals surface area contributed by atoms with Crippen molar-refractivity contribution in [3.63, 3.8) is 0 Å². The highest BCUT2D eigenvalue weighted by Crippen LogP contribution is 2.24. The van der Waals surface area contributed by atoms with Crippen molar-refractivity contribution in [1.29, 1.82) is 0 Å². The Labute approximate surface area is 146 Å². The molecule has 128 valence electrons. The van der Waals surface area contributed by atoms with Crippen LogP contribution in [0.3, 0.4) is 0 Å². The molecule has 1 aromatic heterocycles. The monoisotopic (exact) mass is 337 g/mol. The summed E-state index contributed by atoms with van der Waals surface area (Å²) in [6.07, 6.45) is 0. The summed E-state index contributed by atoms with van der Waals surface area (Å²) in [4.78, 5) is 12.1. The van der Waals surface area contributed by atoms with Crippen LogP contribution in [0.15, 0.2) is 53.1 Å². The van der Waals surface area contributed by atoms with Gasteiger partial charge >= 0.3 is 5.97 Å². The molecule has 0 aliphatic rings. The van der Waals surface area contributed by atoms with Crippen molar-refractivity contribution >= 4 is 5.97 Å². The molecule has 2 aromatic carbocycles. The number of carbonyl (C=O) groups excluding carboxylic acids is 1. The van der Waals surface area contributed by atoms with Crippen molar-refractivity contribution < 1.29 is 18.8 Å². The van der Waals surface area contributed by atoms with Crippen LogP contribution >= 0.6 is 0 Å². The zero-order chi connectivity index (χ0) is 17.8. The van der Waals surface area contributed by atoms with Gasteiger partial charge in [-0.3, -0.25) is 0 Å². The van der Waals surface area contributed by atoms with E-state index in [1.54, 1.807) is 19.2 Å². The van der Waals surface area contributed by atoms with Crippen LogP contribution in [0, 0.1) is 13.8 Å². The van der Waals surface area contributed by atoms with E-state index in [0.29, 0.717) is 17.0 Å². The lowest BCUT2D eigenvalue weighted by Crippen LogP contribution is -2.06. The summed E-state index contributed by atoms with van der Waals surface area (Å²) in [5, 5.41) is 3.95. The highest BCUT2D eigenvalue weighted by molar-refractivity contribution is 5.89. The second-order valence-corrected chi connectivity index (χ2v) is 5.79. The molecule has 0 aliphatic carbocycles. The number of esters is 1. The molecule has 0 amide bonds. The fourth-order valence-corrected chi connectivity index (χ4v) is 2.38. The van der Waals surface area contributed by atoms with E-state index in [1.807, 2.05) is 50.2 Å². The van der Waals surface area contributed by atoms with E-state index >= 15 is 0 Å². The summed E-state index contributed by atoms with van der Waals surface area (Å²) in [5.41, 5.74) is 4.11. The van der Waals surface area contributed by atoms with E-state index in [4.69, 9.17) is 14.0 Å². The number of ether oxygens (including phenoxy) is 2. The first kappa shape index (κ1) is 16.8. The van der Waals surface area contributed by atoms with Gasteiger partial charge in [-0.2, -0.15) is 0 Å². The molecule has 0 radical (unpaired) electrons. The lowest BCUT2D eigenvalue weighted by molar-refractivity contribution is 0.0464. The van der Waals surface area contributed by atoms with Crippen LogP contribution in [0.2, 0.25) is 0 Å². The minimum atomic E-state index is -0.381. The highest BCUT2D eigenvalue weighted by atomic mass is 16.5. The van der Waals surface area contributed by atoms with Crippen molar-refractivity contribution in [2.45, 2.75) is 20.5 Å². The zero-order valence-electron chi connectivity index (χ0n) is 14.4. The van der Waals surface area contributed by atoms with Gasteiger partial charge in [0, 0.05) is 11.6 Å². The summed E-state index contributed by atoms with van der Waals surface area (Å²) in [6, 6.07) is 14.7. The smallest absolute Gasteiger partial charge is 0.338 e. The van der Waals surface area contributed by atoms with Crippen LogP contribution in [0.1, 0.15) is 27.2 Å². The molecule has 0 unspecified atom stereocenters. The fourth-order valence-electron chi connectivity index (χ4n) is 2.38. The van der Waals surface area contributed by atoms with Gasteiger partial charge in [-0.1, -0.05) is 23.4 Å². The molecule has 25 heavy (non-hydrogen) atoms. The predicted molar refractivity (Wildman–Crippen MR) is 93.5 cm³/mol. The molecule has 0 fully saturated rings. The average Bonchev–Trinajstić information content (AvgIpc) is 3.11. The Balaban J connectivity index is 1.67. The van der Waals surface area contributed by atoms with E-state index in [0.717, 1.165) is 22.4 Å². The van der Waals surface area contributed by atoms with E-state index in [1.165, 1.54) is 0 Å². The quantitative estimate of drug-likeness (QED) is 0.649. The van der Waals surface area contributed by atoms with E-state index in [-0.39, 0.29) is 12.6 Å². The Hall–Kier alpha value is -3.08. The summed E-state index contributed by atoms with van der Waals surface area (Å²) >= 11 is 0. The number of hydrogen-bond donors (Lipinski definition) is 0. The Morgan fingerprint density at radius 3 is 2.68 bits per heavy atom. The van der Waals surface area contributed by atoms with Crippen molar-refractivity contribution in [3.05, 3.63) is 70.9 Å². The molecule has 5 heteroatoms. The predicted octanol–water partition coefficient (Wildman–Crippen LogP) is 4.32. The molecule has 0 bridgehead atoms. The van der Waals surface area contributed by atoms with Crippen molar-refractivity contribution in [3.8, 4) is 17.1 Å². The van der Waals surface area contributed by atoms with Gasteiger partial charge in [0.1, 0.15) is 18.1 Å². The number of carbonyl (C=O) groups is 1. The molecule has 1 heterocycles. The van der Waals surface area contributed by atoms with Crippen LogP contribution in [-0.2, 0) is 11.3 Å². The average molecular weight is 337 g/mol. The number of hydrogen-bond acceptors (Lipinski definition) is 5. The van der Waals surface area contributed by atoms with Gasteiger partial charge in [-0.15, -0.1) is 0 Å². The van der Waals surface area contributed by atoms with Crippen LogP contribution < -0.4 is 4.74 Å². The summed E-state index contributed by atoms with van der Waals surface area (Å²) in [6.45, 7) is 4.02. The van der Waals surface area contributed by atoms with Gasteiger partial charge < -0.3 is 14.0 Å². The van der Waals surface area contributed by atoms with Crippen LogP contribution in [-0.4, -0.2) is 18.2 Å². The van der Waals surface area contributed by atoms with Gasteiger partial charge in [0.25, 0.3) is 0 Å². The normalized spacial score (nSPS) is 10.5. The highest BCUT2D eigenvalue weighted by Gasteiger charge is 2.12. The maximum atomic E-state index is 12.1. The third-order valence-electron chi connectivity index (χ3n) is 4.01. The van der Waals surface area contributed by atoms with E-state index in [9.17, 15) is 4.79 Å². The topological polar surface area (TPSA) is 61.6 Å². The molecular weight excluding hydrogens is 318 g/mol. The van der Waals surface area contributed by atoms with Crippen LogP contribution in [0.25, 0.3) is 11.3 Å². The van der Waals surface area contributed by atoms with Gasteiger partial charge in [0.2, 0.25) is 0 Å². The number of aryl methyl sites for hydroxylation is 2. The third-order valence-corrected chi connectivity index (χ3v) is 4.01. The summed E-state index contributed by atoms with van der Waals surface area (Å²) in [7, 11) is 1.61. The summed E-state index contributed by atoms with van der Waals surface area (Å²) in [5.74, 6) is 0.946. The molecule has 3 aromatic rings. The molecule has 0 aliphatic heterocycles. The largest absolute Gasteiger partial charge is 0.497 e. The van der Waals surface area contributed by atoms with Crippen LogP contribution in [0.4, 0.5) is 0 Å². The first-order valence-electron chi connectivity index (χ1n) is 7.91. The number of benzene rings is 2. The first-order valence-corrected chi connectivity index (χ1v) is 7.91. The Morgan fingerprint density at radius 2 is 1.92 bits per heavy atom. The Kier molecular flexibility index (Phi) is 4.84. The standard InChI is InChI=1S/C20H19NO4/c1-13-7-8-16(9-14(13)2)20(22)24-12-17-11-19(25-21-17)15-5-4-6-18(10-15)23-3/h4-11H,12H2,1-3H3. The molecule has 0 N–H and O–H groups in total. The van der Waals surface area contributed by atoms with Crippen molar-refractivity contribution in [2.24, 2.45) is 0 Å². The van der Waals surface area contributed by atoms with E-state index < -0.39 is 0 Å². The minimum Gasteiger partial charge on any atom is -0.497 e. The maximum absolute atomic E-state index is 12.1. The first-order chi connectivity index (χ1) is 12.1. The maximum Gasteiger partial charge on any atom is 0.338 e. The second kappa shape index (κ2) is 7.21. The molecule has 3 rings (SSSR count). The lowest BCUT2D eigenvalue weighted by Gasteiger charge is -2.05.